The Morgan fingerprint density at radius 3 is 2.09 bits per heavy atom. The van der Waals surface area contributed by atoms with Gasteiger partial charge in [-0.05, 0) is 68.8 Å². The molecule has 0 atom stereocenters. The number of benzene rings is 2. The third kappa shape index (κ3) is 18.0. The Morgan fingerprint density at radius 2 is 1.63 bits per heavy atom. The average Bonchev–Trinajstić information content (AvgIpc) is 2.94. The molecule has 0 aliphatic carbocycles. The molecule has 0 aliphatic rings. The third-order valence-electron chi connectivity index (χ3n) is 4.37. The first-order valence-corrected chi connectivity index (χ1v) is 11.9. The molecule has 0 saturated heterocycles. The number of aliphatic hydroxyl groups excluding tert-OH is 1. The number of ether oxygens (including phenoxy) is 1. The maximum absolute atomic E-state index is 7.00. The van der Waals surface area contributed by atoms with Gasteiger partial charge in [-0.3, -0.25) is 10.3 Å². The molecule has 0 saturated carbocycles. The predicted molar refractivity (Wildman–Crippen MR) is 158 cm³/mol. The van der Waals surface area contributed by atoms with Crippen LogP contribution in [0.4, 0.5) is 0 Å². The summed E-state index contributed by atoms with van der Waals surface area (Å²) in [4.78, 5) is 3.75. The van der Waals surface area contributed by atoms with Gasteiger partial charge in [0.2, 0.25) is 0 Å². The Kier molecular flexibility index (Phi) is 28.4. The predicted octanol–water partition coefficient (Wildman–Crippen LogP) is 7.91. The normalized spacial score (nSPS) is 9.94. The van der Waals surface area contributed by atoms with Crippen molar-refractivity contribution in [3.8, 4) is 11.1 Å². The van der Waals surface area contributed by atoms with Crippen molar-refractivity contribution in [2.75, 3.05) is 20.4 Å². The zero-order valence-electron chi connectivity index (χ0n) is 23.1. The molecule has 35 heavy (non-hydrogen) atoms. The van der Waals surface area contributed by atoms with E-state index in [-0.39, 0.29) is 0 Å². The van der Waals surface area contributed by atoms with E-state index in [2.05, 4.69) is 92.2 Å². The lowest BCUT2D eigenvalue weighted by Crippen LogP contribution is -2.17. The maximum atomic E-state index is 7.00. The SMILES string of the molecule is C=C.C=C/C(=C\C(C)=C/C)N=C.CC.CCOCNCc1ccc(-c2ccccc2C)cc1.CO. The Balaban J connectivity index is -0.000000544. The summed E-state index contributed by atoms with van der Waals surface area (Å²) in [7, 11) is 1.00. The first-order chi connectivity index (χ1) is 17.0. The van der Waals surface area contributed by atoms with E-state index in [0.29, 0.717) is 6.73 Å². The Morgan fingerprint density at radius 1 is 1.06 bits per heavy atom. The Labute approximate surface area is 215 Å². The molecule has 0 radical (unpaired) electrons. The summed E-state index contributed by atoms with van der Waals surface area (Å²) in [6.07, 6.45) is 5.62. The van der Waals surface area contributed by atoms with Crippen LogP contribution in [-0.2, 0) is 11.3 Å². The lowest BCUT2D eigenvalue weighted by atomic mass is 10.00. The monoisotopic (exact) mass is 480 g/mol. The first-order valence-electron chi connectivity index (χ1n) is 11.9. The maximum Gasteiger partial charge on any atom is 0.0967 e. The number of aliphatic imine (C=N–C) groups is 1. The summed E-state index contributed by atoms with van der Waals surface area (Å²) in [5.41, 5.74) is 7.14. The number of hydrogen-bond acceptors (Lipinski definition) is 4. The number of hydrogen-bond donors (Lipinski definition) is 2. The van der Waals surface area contributed by atoms with Gasteiger partial charge in [0, 0.05) is 20.3 Å². The summed E-state index contributed by atoms with van der Waals surface area (Å²) < 4.78 is 5.25. The summed E-state index contributed by atoms with van der Waals surface area (Å²) in [6.45, 7) is 27.3. The van der Waals surface area contributed by atoms with Crippen LogP contribution in [0.15, 0.2) is 103 Å². The molecular weight excluding hydrogens is 432 g/mol. The van der Waals surface area contributed by atoms with Gasteiger partial charge >= 0.3 is 0 Å². The zero-order valence-corrected chi connectivity index (χ0v) is 23.1. The van der Waals surface area contributed by atoms with Crippen LogP contribution in [0.3, 0.4) is 0 Å². The van der Waals surface area contributed by atoms with Gasteiger partial charge in [-0.25, -0.2) is 0 Å². The van der Waals surface area contributed by atoms with Crippen LogP contribution in [-0.4, -0.2) is 32.3 Å². The Hall–Kier alpha value is -3.05. The van der Waals surface area contributed by atoms with Gasteiger partial charge < -0.3 is 9.84 Å². The molecule has 2 aromatic rings. The van der Waals surface area contributed by atoms with E-state index in [1.165, 1.54) is 27.8 Å². The van der Waals surface area contributed by atoms with E-state index in [4.69, 9.17) is 9.84 Å². The van der Waals surface area contributed by atoms with Crippen LogP contribution < -0.4 is 5.32 Å². The smallest absolute Gasteiger partial charge is 0.0967 e. The molecule has 2 N–H and O–H groups in total. The molecule has 0 heterocycles. The van der Waals surface area contributed by atoms with Crippen molar-refractivity contribution in [1.82, 2.24) is 5.32 Å². The van der Waals surface area contributed by atoms with E-state index in [1.807, 2.05) is 46.8 Å². The van der Waals surface area contributed by atoms with Gasteiger partial charge in [-0.1, -0.05) is 80.6 Å². The number of allylic oxidation sites excluding steroid dienone is 4. The summed E-state index contributed by atoms with van der Waals surface area (Å²) in [5.74, 6) is 0. The van der Waals surface area contributed by atoms with Gasteiger partial charge in [-0.15, -0.1) is 13.2 Å². The topological polar surface area (TPSA) is 53.8 Å². The molecule has 0 unspecified atom stereocenters. The van der Waals surface area contributed by atoms with Crippen molar-refractivity contribution in [1.29, 1.82) is 0 Å². The van der Waals surface area contributed by atoms with Gasteiger partial charge in [0.1, 0.15) is 0 Å². The first kappa shape index (κ1) is 36.5. The van der Waals surface area contributed by atoms with Crippen molar-refractivity contribution in [3.63, 3.8) is 0 Å². The molecule has 0 aliphatic heterocycles. The van der Waals surface area contributed by atoms with Crippen LogP contribution in [0, 0.1) is 6.92 Å². The highest BCUT2D eigenvalue weighted by atomic mass is 16.5. The lowest BCUT2D eigenvalue weighted by molar-refractivity contribution is 0.128. The molecular formula is C31H48N2O2. The molecule has 0 fully saturated rings. The van der Waals surface area contributed by atoms with Crippen molar-refractivity contribution in [2.24, 2.45) is 4.99 Å². The van der Waals surface area contributed by atoms with E-state index in [0.717, 1.165) is 26.0 Å². The highest BCUT2D eigenvalue weighted by molar-refractivity contribution is 5.67. The molecule has 0 bridgehead atoms. The highest BCUT2D eigenvalue weighted by Crippen LogP contribution is 2.23. The van der Waals surface area contributed by atoms with Gasteiger partial charge in [0.15, 0.2) is 0 Å². The fourth-order valence-corrected chi connectivity index (χ4v) is 2.55. The van der Waals surface area contributed by atoms with Crippen molar-refractivity contribution in [3.05, 3.63) is 109 Å². The molecule has 0 amide bonds. The van der Waals surface area contributed by atoms with E-state index < -0.39 is 0 Å². The lowest BCUT2D eigenvalue weighted by Gasteiger charge is -2.08. The second-order valence-electron chi connectivity index (χ2n) is 6.54. The minimum atomic E-state index is 0.607. The average molecular weight is 481 g/mol. The zero-order chi connectivity index (χ0) is 27.5. The second kappa shape index (κ2) is 27.2. The van der Waals surface area contributed by atoms with Gasteiger partial charge in [0.25, 0.3) is 0 Å². The summed E-state index contributed by atoms with van der Waals surface area (Å²) in [6, 6.07) is 17.2. The van der Waals surface area contributed by atoms with Crippen molar-refractivity contribution in [2.45, 2.75) is 48.1 Å². The Bertz CT molecular complexity index is 827. The molecule has 4 nitrogen and oxygen atoms in total. The van der Waals surface area contributed by atoms with E-state index in [1.54, 1.807) is 6.08 Å². The fraction of sp³-hybridized carbons (Fsp3) is 0.323. The largest absolute Gasteiger partial charge is 0.400 e. The molecule has 4 heteroatoms. The van der Waals surface area contributed by atoms with Crippen LogP contribution in [0.2, 0.25) is 0 Å². The third-order valence-corrected chi connectivity index (χ3v) is 4.37. The van der Waals surface area contributed by atoms with E-state index in [9.17, 15) is 0 Å². The summed E-state index contributed by atoms with van der Waals surface area (Å²) >= 11 is 0. The number of aliphatic hydroxyl groups is 1. The number of nitrogens with zero attached hydrogens (tertiary/aromatic N) is 1. The number of nitrogens with one attached hydrogen (secondary N) is 1. The van der Waals surface area contributed by atoms with Crippen molar-refractivity contribution >= 4 is 6.72 Å². The molecule has 194 valence electrons. The molecule has 0 aromatic heterocycles. The molecule has 2 rings (SSSR count). The van der Waals surface area contributed by atoms with Crippen molar-refractivity contribution < 1.29 is 9.84 Å². The quantitative estimate of drug-likeness (QED) is 0.126. The van der Waals surface area contributed by atoms with Gasteiger partial charge in [0.05, 0.1) is 12.4 Å². The van der Waals surface area contributed by atoms with E-state index >= 15 is 0 Å². The number of rotatable bonds is 9. The molecule has 0 spiro atoms. The standard InChI is InChI=1S/C17H21NO.C9H13N.C2H6.C2H4.CH4O/c1-3-19-13-18-12-15-8-10-16(11-9-15)17-7-5-4-6-14(17)2;1-5-8(3)7-9(6-2)10-4;3*1-2/h4-11,18H,3,12-13H2,1-2H3;5-7H,2,4H2,1,3H3;1-2H3;1-2H2;2H,1H3/b;8-5-,9-7+;;;. The van der Waals surface area contributed by atoms with Gasteiger partial charge in [-0.2, -0.15) is 0 Å². The second-order valence-corrected chi connectivity index (χ2v) is 6.54. The highest BCUT2D eigenvalue weighted by Gasteiger charge is 2.00. The minimum absolute atomic E-state index is 0.607. The molecule has 2 aromatic carbocycles. The van der Waals surface area contributed by atoms with Crippen LogP contribution in [0.5, 0.6) is 0 Å². The van der Waals surface area contributed by atoms with Crippen LogP contribution in [0.25, 0.3) is 11.1 Å². The van der Waals surface area contributed by atoms with Crippen LogP contribution in [0.1, 0.15) is 45.7 Å². The fourth-order valence-electron chi connectivity index (χ4n) is 2.55. The summed E-state index contributed by atoms with van der Waals surface area (Å²) in [5, 5.41) is 10.3. The van der Waals surface area contributed by atoms with Crippen LogP contribution >= 0.6 is 0 Å². The minimum Gasteiger partial charge on any atom is -0.400 e. The number of aryl methyl sites for hydroxylation is 1.